The molecule has 1 aliphatic rings. The third-order valence-corrected chi connectivity index (χ3v) is 6.80. The summed E-state index contributed by atoms with van der Waals surface area (Å²) in [6.07, 6.45) is 3.95. The number of nitrogens with zero attached hydrogens (tertiary/aromatic N) is 2. The Labute approximate surface area is 225 Å². The minimum atomic E-state index is 0.798. The van der Waals surface area contributed by atoms with Crippen LogP contribution in [0.5, 0.6) is 0 Å². The van der Waals surface area contributed by atoms with E-state index in [4.69, 9.17) is 9.98 Å². The Morgan fingerprint density at radius 3 is 2.00 bits per heavy atom. The van der Waals surface area contributed by atoms with Crippen LogP contribution in [0.25, 0.3) is 11.6 Å². The Hall–Kier alpha value is -5.42. The largest absolute Gasteiger partial charge is 0.355 e. The second kappa shape index (κ2) is 9.80. The number of aliphatic imine (C=N–C) groups is 2. The van der Waals surface area contributed by atoms with Gasteiger partial charge in [-0.1, -0.05) is 72.8 Å². The lowest BCUT2D eigenvalue weighted by Gasteiger charge is -2.09. The summed E-state index contributed by atoms with van der Waals surface area (Å²) >= 11 is 0. The van der Waals surface area contributed by atoms with Crippen LogP contribution in [0.4, 0.5) is 11.4 Å². The number of para-hydroxylation sites is 2. The normalized spacial score (nSPS) is 12.8. The Bertz CT molecular complexity index is 1950. The molecule has 4 heterocycles. The van der Waals surface area contributed by atoms with Gasteiger partial charge in [0.2, 0.25) is 0 Å². The Balaban J connectivity index is 1.53. The van der Waals surface area contributed by atoms with E-state index < -0.39 is 0 Å². The highest BCUT2D eigenvalue weighted by Gasteiger charge is 2.15. The van der Waals surface area contributed by atoms with Gasteiger partial charge in [-0.3, -0.25) is 4.99 Å². The fourth-order valence-corrected chi connectivity index (χ4v) is 4.94. The molecule has 0 unspecified atom stereocenters. The van der Waals surface area contributed by atoms with Crippen LogP contribution in [-0.2, 0) is 0 Å². The maximum atomic E-state index is 5.17. The summed E-state index contributed by atoms with van der Waals surface area (Å²) in [5, 5.41) is 2.04. The molecule has 0 atom stereocenters. The van der Waals surface area contributed by atoms with Gasteiger partial charge in [0.05, 0.1) is 34.7 Å². The standard InChI is InChI=1S/C34H25N5/c1-3-9-23(10-4-1)33-30-18-17-26(37-30)21-25-15-16-27(36-25)22-35-28-13-7-8-14-29(28)39-34(24-11-5-2-6-12-24)32-20-19-31(33)38-32/h1-22,36-38H. The number of nitrogens with one attached hydrogen (secondary N) is 3. The zero-order chi connectivity index (χ0) is 26.0. The monoisotopic (exact) mass is 503 g/mol. The molecule has 0 saturated carbocycles. The lowest BCUT2D eigenvalue weighted by molar-refractivity contribution is 1.22. The number of hydrogen-bond acceptors (Lipinski definition) is 2. The third kappa shape index (κ3) is 4.58. The second-order valence-corrected chi connectivity index (χ2v) is 9.44. The number of rotatable bonds is 2. The van der Waals surface area contributed by atoms with Crippen LogP contribution in [0.2, 0.25) is 0 Å². The second-order valence-electron chi connectivity index (χ2n) is 9.44. The van der Waals surface area contributed by atoms with E-state index in [1.54, 1.807) is 0 Å². The summed E-state index contributed by atoms with van der Waals surface area (Å²) in [5.74, 6) is 0. The van der Waals surface area contributed by atoms with E-state index in [1.807, 2.05) is 60.8 Å². The summed E-state index contributed by atoms with van der Waals surface area (Å²) in [6.45, 7) is 0. The van der Waals surface area contributed by atoms with Crippen LogP contribution in [0, 0.1) is 0 Å². The number of benzene rings is 3. The molecule has 0 aliphatic carbocycles. The molecule has 5 nitrogen and oxygen atoms in total. The molecule has 0 fully saturated rings. The van der Waals surface area contributed by atoms with Crippen LogP contribution < -0.4 is 10.7 Å². The van der Waals surface area contributed by atoms with Gasteiger partial charge < -0.3 is 15.0 Å². The SMILES string of the molecule is C1=Nc2ccccc2N=C(c2ccccc2)c2ccc([nH]2)C(c2ccccc2)=c2ccc([nH]2)=Cc2ccc1[nH]2. The molecule has 39 heavy (non-hydrogen) atoms. The maximum absolute atomic E-state index is 5.17. The van der Waals surface area contributed by atoms with Crippen molar-refractivity contribution in [1.82, 2.24) is 15.0 Å². The van der Waals surface area contributed by atoms with Crippen molar-refractivity contribution in [3.8, 4) is 0 Å². The van der Waals surface area contributed by atoms with Gasteiger partial charge in [0.1, 0.15) is 0 Å². The molecule has 6 aromatic rings. The quantitative estimate of drug-likeness (QED) is 0.260. The summed E-state index contributed by atoms with van der Waals surface area (Å²) in [6, 6.07) is 41.3. The highest BCUT2D eigenvalue weighted by atomic mass is 14.9. The first-order valence-electron chi connectivity index (χ1n) is 12.9. The Kier molecular flexibility index (Phi) is 5.72. The molecule has 5 heteroatoms. The maximum Gasteiger partial charge on any atom is 0.0944 e. The molecule has 3 aromatic heterocycles. The van der Waals surface area contributed by atoms with Crippen LogP contribution in [0.1, 0.15) is 33.9 Å². The summed E-state index contributed by atoms with van der Waals surface area (Å²) in [4.78, 5) is 20.7. The van der Waals surface area contributed by atoms with E-state index >= 15 is 0 Å². The van der Waals surface area contributed by atoms with Gasteiger partial charge >= 0.3 is 0 Å². The molecule has 0 spiro atoms. The molecule has 3 N–H and O–H groups in total. The van der Waals surface area contributed by atoms with Gasteiger partial charge in [0.25, 0.3) is 0 Å². The molecule has 0 radical (unpaired) electrons. The van der Waals surface area contributed by atoms with Gasteiger partial charge in [-0.05, 0) is 60.2 Å². The molecular weight excluding hydrogens is 478 g/mol. The van der Waals surface area contributed by atoms with E-state index in [0.717, 1.165) is 67.3 Å². The topological polar surface area (TPSA) is 72.1 Å². The fraction of sp³-hybridized carbons (Fsp3) is 0. The van der Waals surface area contributed by atoms with Gasteiger partial charge in [-0.2, -0.15) is 0 Å². The molecule has 3 aromatic carbocycles. The average molecular weight is 504 g/mol. The molecule has 7 rings (SSSR count). The van der Waals surface area contributed by atoms with Crippen LogP contribution >= 0.6 is 0 Å². The van der Waals surface area contributed by atoms with Crippen molar-refractivity contribution in [3.05, 3.63) is 166 Å². The lowest BCUT2D eigenvalue weighted by atomic mass is 10.0. The minimum absolute atomic E-state index is 0.798. The van der Waals surface area contributed by atoms with Crippen molar-refractivity contribution in [2.75, 3.05) is 0 Å². The van der Waals surface area contributed by atoms with Crippen LogP contribution in [0.15, 0.2) is 131 Å². The predicted octanol–water partition coefficient (Wildman–Crippen LogP) is 5.98. The fourth-order valence-electron chi connectivity index (χ4n) is 4.94. The first-order chi connectivity index (χ1) is 19.3. The Morgan fingerprint density at radius 2 is 1.18 bits per heavy atom. The number of fused-ring (bicyclic) bond motifs is 7. The van der Waals surface area contributed by atoms with E-state index in [2.05, 4.69) is 87.8 Å². The van der Waals surface area contributed by atoms with E-state index in [0.29, 0.717) is 0 Å². The van der Waals surface area contributed by atoms with Gasteiger partial charge in [-0.25, -0.2) is 4.99 Å². The molecule has 0 saturated heterocycles. The first kappa shape index (κ1) is 22.8. The van der Waals surface area contributed by atoms with Crippen LogP contribution in [0.3, 0.4) is 0 Å². The summed E-state index contributed by atoms with van der Waals surface area (Å²) in [7, 11) is 0. The van der Waals surface area contributed by atoms with Crippen molar-refractivity contribution in [3.63, 3.8) is 0 Å². The number of H-pyrrole nitrogens is 3. The molecule has 0 amide bonds. The van der Waals surface area contributed by atoms with Crippen molar-refractivity contribution in [2.24, 2.45) is 9.98 Å². The van der Waals surface area contributed by atoms with Gasteiger partial charge in [0, 0.05) is 33.2 Å². The predicted molar refractivity (Wildman–Crippen MR) is 159 cm³/mol. The van der Waals surface area contributed by atoms with Gasteiger partial charge in [-0.15, -0.1) is 0 Å². The van der Waals surface area contributed by atoms with Crippen molar-refractivity contribution >= 4 is 35.0 Å². The Morgan fingerprint density at radius 1 is 0.487 bits per heavy atom. The zero-order valence-corrected chi connectivity index (χ0v) is 21.1. The van der Waals surface area contributed by atoms with Crippen molar-refractivity contribution in [2.45, 2.75) is 0 Å². The highest BCUT2D eigenvalue weighted by molar-refractivity contribution is 6.13. The van der Waals surface area contributed by atoms with E-state index in [-0.39, 0.29) is 0 Å². The summed E-state index contributed by atoms with van der Waals surface area (Å²) < 4.78 is 0. The van der Waals surface area contributed by atoms with Crippen LogP contribution in [-0.4, -0.2) is 26.9 Å². The average Bonchev–Trinajstić information content (AvgIpc) is 3.75. The highest BCUT2D eigenvalue weighted by Crippen LogP contribution is 2.30. The minimum Gasteiger partial charge on any atom is -0.355 e. The third-order valence-electron chi connectivity index (χ3n) is 6.80. The summed E-state index contributed by atoms with van der Waals surface area (Å²) in [5.41, 5.74) is 9.54. The molecule has 1 aliphatic heterocycles. The number of hydrogen-bond donors (Lipinski definition) is 3. The smallest absolute Gasteiger partial charge is 0.0944 e. The lowest BCUT2D eigenvalue weighted by Crippen LogP contribution is -2.15. The zero-order valence-electron chi connectivity index (χ0n) is 21.1. The number of aromatic amines is 3. The van der Waals surface area contributed by atoms with E-state index in [1.165, 1.54) is 0 Å². The van der Waals surface area contributed by atoms with Crippen molar-refractivity contribution < 1.29 is 0 Å². The van der Waals surface area contributed by atoms with Crippen molar-refractivity contribution in [1.29, 1.82) is 0 Å². The number of aromatic nitrogens is 3. The first-order valence-corrected chi connectivity index (χ1v) is 12.9. The van der Waals surface area contributed by atoms with E-state index in [9.17, 15) is 0 Å². The molecule has 6 bridgehead atoms. The molecular formula is C34H25N5. The van der Waals surface area contributed by atoms with Gasteiger partial charge in [0.15, 0.2) is 0 Å². The molecule has 186 valence electrons.